The molecular weight excluding hydrogens is 314 g/mol. The van der Waals surface area contributed by atoms with Crippen LogP contribution in [0.2, 0.25) is 0 Å². The number of benzene rings is 1. The summed E-state index contributed by atoms with van der Waals surface area (Å²) in [6.07, 6.45) is 8.72. The molecule has 4 nitrogen and oxygen atoms in total. The number of hydrogen-bond donors (Lipinski definition) is 2. The third-order valence-electron chi connectivity index (χ3n) is 7.02. The number of fused-ring (bicyclic) bond motifs is 4. The third kappa shape index (κ3) is 2.86. The lowest BCUT2D eigenvalue weighted by Crippen LogP contribution is -2.59. The Balaban J connectivity index is 1.51. The highest BCUT2D eigenvalue weighted by Crippen LogP contribution is 2.52. The van der Waals surface area contributed by atoms with E-state index in [4.69, 9.17) is 0 Å². The van der Waals surface area contributed by atoms with Crippen LogP contribution in [0.15, 0.2) is 24.3 Å². The van der Waals surface area contributed by atoms with Crippen LogP contribution in [0.25, 0.3) is 0 Å². The normalized spacial score (nSPS) is 34.0. The molecule has 1 amide bonds. The maximum Gasteiger partial charge on any atom is 0.309 e. The summed E-state index contributed by atoms with van der Waals surface area (Å²) in [5, 5.41) is 12.9. The molecule has 0 aromatic heterocycles. The van der Waals surface area contributed by atoms with E-state index < -0.39 is 11.4 Å². The molecule has 0 saturated heterocycles. The van der Waals surface area contributed by atoms with E-state index in [1.165, 1.54) is 11.1 Å². The number of aliphatic carboxylic acids is 1. The van der Waals surface area contributed by atoms with Crippen LogP contribution in [-0.2, 0) is 16.0 Å². The predicted molar refractivity (Wildman–Crippen MR) is 95.4 cm³/mol. The van der Waals surface area contributed by atoms with Gasteiger partial charge in [-0.05, 0) is 68.9 Å². The SMILES string of the molecule is O=C(NC12CCC(C(=O)O)(CC1)CC2)C1CCCCc2ccccc21. The molecule has 5 rings (SSSR count). The van der Waals surface area contributed by atoms with Gasteiger partial charge in [0.2, 0.25) is 5.91 Å². The Labute approximate surface area is 149 Å². The summed E-state index contributed by atoms with van der Waals surface area (Å²) in [5.74, 6) is -0.551. The van der Waals surface area contributed by atoms with Gasteiger partial charge in [-0.2, -0.15) is 0 Å². The average Bonchev–Trinajstić information content (AvgIpc) is 2.85. The number of nitrogens with one attached hydrogen (secondary N) is 1. The van der Waals surface area contributed by atoms with Crippen molar-refractivity contribution in [2.45, 2.75) is 75.7 Å². The Morgan fingerprint density at radius 3 is 2.36 bits per heavy atom. The van der Waals surface area contributed by atoms with E-state index in [2.05, 4.69) is 23.5 Å². The molecule has 0 radical (unpaired) electrons. The molecule has 0 aliphatic heterocycles. The minimum Gasteiger partial charge on any atom is -0.481 e. The first-order valence-corrected chi connectivity index (χ1v) is 9.67. The second-order valence-electron chi connectivity index (χ2n) is 8.35. The van der Waals surface area contributed by atoms with E-state index in [1.54, 1.807) is 0 Å². The summed E-state index contributed by atoms with van der Waals surface area (Å²) in [4.78, 5) is 24.7. The molecule has 1 aromatic carbocycles. The predicted octanol–water partition coefficient (Wildman–Crippen LogP) is 3.79. The van der Waals surface area contributed by atoms with Gasteiger partial charge >= 0.3 is 5.97 Å². The van der Waals surface area contributed by atoms with Gasteiger partial charge in [0, 0.05) is 5.54 Å². The van der Waals surface area contributed by atoms with E-state index in [0.717, 1.165) is 44.9 Å². The van der Waals surface area contributed by atoms with Crippen LogP contribution in [0, 0.1) is 5.41 Å². The number of amides is 1. The maximum atomic E-state index is 13.1. The molecule has 4 heteroatoms. The lowest BCUT2D eigenvalue weighted by Gasteiger charge is -2.51. The van der Waals surface area contributed by atoms with Gasteiger partial charge < -0.3 is 10.4 Å². The molecule has 0 spiro atoms. The van der Waals surface area contributed by atoms with E-state index in [1.807, 2.05) is 6.07 Å². The molecular formula is C21H27NO3. The topological polar surface area (TPSA) is 66.4 Å². The van der Waals surface area contributed by atoms with Gasteiger partial charge in [-0.1, -0.05) is 30.7 Å². The summed E-state index contributed by atoms with van der Waals surface area (Å²) in [5.41, 5.74) is 1.81. The van der Waals surface area contributed by atoms with Crippen molar-refractivity contribution >= 4 is 11.9 Å². The van der Waals surface area contributed by atoms with Gasteiger partial charge in [-0.3, -0.25) is 9.59 Å². The van der Waals surface area contributed by atoms with Gasteiger partial charge in [0.25, 0.3) is 0 Å². The molecule has 3 saturated carbocycles. The van der Waals surface area contributed by atoms with Gasteiger partial charge in [0.05, 0.1) is 11.3 Å². The van der Waals surface area contributed by atoms with Crippen LogP contribution in [0.4, 0.5) is 0 Å². The van der Waals surface area contributed by atoms with Crippen LogP contribution < -0.4 is 5.32 Å². The smallest absolute Gasteiger partial charge is 0.309 e. The van der Waals surface area contributed by atoms with Gasteiger partial charge in [0.1, 0.15) is 0 Å². The summed E-state index contributed by atoms with van der Waals surface area (Å²) < 4.78 is 0. The lowest BCUT2D eigenvalue weighted by atomic mass is 9.57. The zero-order valence-electron chi connectivity index (χ0n) is 14.7. The van der Waals surface area contributed by atoms with Crippen molar-refractivity contribution in [3.8, 4) is 0 Å². The number of carbonyl (C=O) groups excluding carboxylic acids is 1. The standard InChI is InChI=1S/C21H27NO3/c23-18(17-8-4-2-6-15-5-1-3-7-16(15)17)22-21-12-9-20(10-13-21,11-14-21)19(24)25/h1,3,5,7,17H,2,4,6,8-14H2,(H,22,23)(H,24,25). The first-order valence-electron chi connectivity index (χ1n) is 9.67. The van der Waals surface area contributed by atoms with Crippen LogP contribution in [0.5, 0.6) is 0 Å². The highest BCUT2D eigenvalue weighted by atomic mass is 16.4. The fourth-order valence-corrected chi connectivity index (χ4v) is 5.24. The van der Waals surface area contributed by atoms with Crippen molar-refractivity contribution in [3.05, 3.63) is 35.4 Å². The zero-order valence-corrected chi connectivity index (χ0v) is 14.7. The second kappa shape index (κ2) is 6.15. The second-order valence-corrected chi connectivity index (χ2v) is 8.35. The molecule has 134 valence electrons. The number of aryl methyl sites for hydroxylation is 1. The number of carboxylic acids is 1. The van der Waals surface area contributed by atoms with E-state index >= 15 is 0 Å². The monoisotopic (exact) mass is 341 g/mol. The minimum absolute atomic E-state index is 0.0545. The first-order chi connectivity index (χ1) is 12.0. The van der Waals surface area contributed by atoms with Crippen molar-refractivity contribution in [1.82, 2.24) is 5.32 Å². The first kappa shape index (κ1) is 16.6. The summed E-state index contributed by atoms with van der Waals surface area (Å²) in [7, 11) is 0. The van der Waals surface area contributed by atoms with E-state index in [9.17, 15) is 14.7 Å². The molecule has 0 heterocycles. The largest absolute Gasteiger partial charge is 0.481 e. The quantitative estimate of drug-likeness (QED) is 0.822. The molecule has 1 atom stereocenters. The van der Waals surface area contributed by atoms with Crippen LogP contribution in [0.3, 0.4) is 0 Å². The van der Waals surface area contributed by atoms with E-state index in [0.29, 0.717) is 19.3 Å². The van der Waals surface area contributed by atoms with Crippen molar-refractivity contribution in [1.29, 1.82) is 0 Å². The number of hydrogen-bond acceptors (Lipinski definition) is 2. The van der Waals surface area contributed by atoms with Gasteiger partial charge in [-0.25, -0.2) is 0 Å². The lowest BCUT2D eigenvalue weighted by molar-refractivity contribution is -0.157. The fourth-order valence-electron chi connectivity index (χ4n) is 5.24. The van der Waals surface area contributed by atoms with Crippen LogP contribution in [-0.4, -0.2) is 22.5 Å². The number of carbonyl (C=O) groups is 2. The van der Waals surface area contributed by atoms with Crippen LogP contribution >= 0.6 is 0 Å². The van der Waals surface area contributed by atoms with Crippen molar-refractivity contribution in [2.75, 3.05) is 0 Å². The third-order valence-corrected chi connectivity index (χ3v) is 7.02. The van der Waals surface area contributed by atoms with E-state index in [-0.39, 0.29) is 17.4 Å². The Hall–Kier alpha value is -1.84. The molecule has 1 unspecified atom stereocenters. The zero-order chi connectivity index (χ0) is 17.5. The van der Waals surface area contributed by atoms with Crippen LogP contribution in [0.1, 0.15) is 74.8 Å². The molecule has 2 bridgehead atoms. The maximum absolute atomic E-state index is 13.1. The van der Waals surface area contributed by atoms with Crippen molar-refractivity contribution in [2.24, 2.45) is 5.41 Å². The fraction of sp³-hybridized carbons (Fsp3) is 0.619. The highest BCUT2D eigenvalue weighted by molar-refractivity contribution is 5.85. The average molecular weight is 341 g/mol. The Morgan fingerprint density at radius 2 is 1.68 bits per heavy atom. The molecule has 3 fully saturated rings. The number of rotatable bonds is 3. The Morgan fingerprint density at radius 1 is 1.00 bits per heavy atom. The molecule has 4 aliphatic rings. The van der Waals surface area contributed by atoms with Crippen molar-refractivity contribution in [3.63, 3.8) is 0 Å². The summed E-state index contributed by atoms with van der Waals surface area (Å²) in [6.45, 7) is 0. The summed E-state index contributed by atoms with van der Waals surface area (Å²) in [6, 6.07) is 8.36. The molecule has 1 aromatic rings. The van der Waals surface area contributed by atoms with Gasteiger partial charge in [0.15, 0.2) is 0 Å². The summed E-state index contributed by atoms with van der Waals surface area (Å²) >= 11 is 0. The minimum atomic E-state index is -0.648. The van der Waals surface area contributed by atoms with Gasteiger partial charge in [-0.15, -0.1) is 0 Å². The molecule has 4 aliphatic carbocycles. The molecule has 25 heavy (non-hydrogen) atoms. The Kier molecular flexibility index (Phi) is 4.09. The Bertz CT molecular complexity index is 672. The van der Waals surface area contributed by atoms with Crippen molar-refractivity contribution < 1.29 is 14.7 Å². The highest BCUT2D eigenvalue weighted by Gasteiger charge is 2.53. The number of carboxylic acid groups (broad SMARTS) is 1. The molecule has 2 N–H and O–H groups in total.